The molecule has 3 rings (SSSR count). The minimum Gasteiger partial charge on any atom is -0.469 e. The fourth-order valence-corrected chi connectivity index (χ4v) is 3.12. The second kappa shape index (κ2) is 8.73. The highest BCUT2D eigenvalue weighted by Gasteiger charge is 2.20. The number of hydrogen-bond donors (Lipinski definition) is 2. The zero-order chi connectivity index (χ0) is 21.8. The number of nitrogens with zero attached hydrogens (tertiary/aromatic N) is 1. The van der Waals surface area contributed by atoms with Gasteiger partial charge in [-0.25, -0.2) is 9.18 Å². The van der Waals surface area contributed by atoms with E-state index in [1.165, 1.54) is 49.6 Å². The van der Waals surface area contributed by atoms with Crippen molar-refractivity contribution in [1.29, 1.82) is 0 Å². The van der Waals surface area contributed by atoms with Gasteiger partial charge in [0.2, 0.25) is 0 Å². The predicted molar refractivity (Wildman–Crippen MR) is 108 cm³/mol. The number of aromatic amines is 1. The summed E-state index contributed by atoms with van der Waals surface area (Å²) in [7, 11) is 1.23. The topological polar surface area (TPSA) is 110 Å². The summed E-state index contributed by atoms with van der Waals surface area (Å²) in [6, 6.07) is 8.94. The van der Waals surface area contributed by atoms with Crippen molar-refractivity contribution >= 4 is 22.8 Å². The average molecular weight is 413 g/mol. The number of carbonyl (C=O) groups excluding carboxylic acids is 2. The van der Waals surface area contributed by atoms with Crippen molar-refractivity contribution in [3.8, 4) is 0 Å². The Kier molecular flexibility index (Phi) is 6.10. The Morgan fingerprint density at radius 2 is 1.87 bits per heavy atom. The van der Waals surface area contributed by atoms with Gasteiger partial charge in [0.1, 0.15) is 5.82 Å². The van der Waals surface area contributed by atoms with Gasteiger partial charge in [-0.05, 0) is 42.8 Å². The number of benzene rings is 2. The molecule has 1 unspecified atom stereocenters. The van der Waals surface area contributed by atoms with Crippen molar-refractivity contribution in [1.82, 2.24) is 14.9 Å². The van der Waals surface area contributed by atoms with Crippen LogP contribution in [0.25, 0.3) is 10.9 Å². The van der Waals surface area contributed by atoms with E-state index in [1.54, 1.807) is 6.92 Å². The maximum Gasteiger partial charge on any atom is 0.328 e. The second-order valence-corrected chi connectivity index (χ2v) is 6.60. The molecule has 0 aliphatic carbocycles. The van der Waals surface area contributed by atoms with Crippen LogP contribution in [0, 0.1) is 5.82 Å². The van der Waals surface area contributed by atoms with E-state index >= 15 is 0 Å². The smallest absolute Gasteiger partial charge is 0.328 e. The van der Waals surface area contributed by atoms with Crippen molar-refractivity contribution in [3.05, 3.63) is 80.2 Å². The number of amides is 1. The van der Waals surface area contributed by atoms with Gasteiger partial charge in [-0.1, -0.05) is 12.1 Å². The van der Waals surface area contributed by atoms with Crippen LogP contribution < -0.4 is 16.6 Å². The monoisotopic (exact) mass is 413 g/mol. The van der Waals surface area contributed by atoms with Gasteiger partial charge in [0.15, 0.2) is 0 Å². The number of H-pyrrole nitrogens is 1. The standard InChI is InChI=1S/C21H20FN3O5/c1-3-25-20(28)15-9-6-13(10-17(15)24-21(25)29)19(27)23-16(11-18(26)30-2)12-4-7-14(22)8-5-12/h4-10,16H,3,11H2,1-2H3,(H,23,27)(H,24,29). The Morgan fingerprint density at radius 1 is 1.17 bits per heavy atom. The molecule has 2 aromatic carbocycles. The molecule has 30 heavy (non-hydrogen) atoms. The minimum atomic E-state index is -0.756. The van der Waals surface area contributed by atoms with Crippen LogP contribution in [-0.2, 0) is 16.1 Å². The molecule has 0 aliphatic rings. The third-order valence-corrected chi connectivity index (χ3v) is 4.74. The largest absolute Gasteiger partial charge is 0.469 e. The van der Waals surface area contributed by atoms with Crippen molar-refractivity contribution in [2.24, 2.45) is 0 Å². The molecule has 0 radical (unpaired) electrons. The molecule has 1 heterocycles. The Bertz CT molecular complexity index is 1210. The number of esters is 1. The van der Waals surface area contributed by atoms with Crippen molar-refractivity contribution < 1.29 is 18.7 Å². The first-order valence-corrected chi connectivity index (χ1v) is 9.24. The normalized spacial score (nSPS) is 11.8. The van der Waals surface area contributed by atoms with E-state index in [1.807, 2.05) is 0 Å². The molecule has 9 heteroatoms. The summed E-state index contributed by atoms with van der Waals surface area (Å²) < 4.78 is 19.0. The lowest BCUT2D eigenvalue weighted by atomic mass is 10.0. The van der Waals surface area contributed by atoms with Crippen LogP contribution in [0.15, 0.2) is 52.1 Å². The highest BCUT2D eigenvalue weighted by molar-refractivity contribution is 5.98. The van der Waals surface area contributed by atoms with E-state index in [0.717, 1.165) is 4.57 Å². The predicted octanol–water partition coefficient (Wildman–Crippen LogP) is 1.88. The summed E-state index contributed by atoms with van der Waals surface area (Å²) in [6.07, 6.45) is -0.153. The van der Waals surface area contributed by atoms with E-state index in [0.29, 0.717) is 5.56 Å². The molecule has 0 aliphatic heterocycles. The van der Waals surface area contributed by atoms with E-state index < -0.39 is 35.0 Å². The number of hydrogen-bond acceptors (Lipinski definition) is 5. The fraction of sp³-hybridized carbons (Fsp3) is 0.238. The molecule has 1 amide bonds. The van der Waals surface area contributed by atoms with E-state index in [4.69, 9.17) is 0 Å². The highest BCUT2D eigenvalue weighted by Crippen LogP contribution is 2.19. The fourth-order valence-electron chi connectivity index (χ4n) is 3.12. The number of methoxy groups -OCH3 is 1. The number of aromatic nitrogens is 2. The minimum absolute atomic E-state index is 0.153. The molecule has 3 aromatic rings. The number of fused-ring (bicyclic) bond motifs is 1. The summed E-state index contributed by atoms with van der Waals surface area (Å²) in [5, 5.41) is 2.99. The van der Waals surface area contributed by atoms with Crippen molar-refractivity contribution in [2.75, 3.05) is 7.11 Å². The van der Waals surface area contributed by atoms with Crippen molar-refractivity contribution in [3.63, 3.8) is 0 Å². The van der Waals surface area contributed by atoms with Crippen LogP contribution in [0.2, 0.25) is 0 Å². The van der Waals surface area contributed by atoms with Crippen LogP contribution in [0.3, 0.4) is 0 Å². The molecule has 0 saturated carbocycles. The maximum absolute atomic E-state index is 13.2. The van der Waals surface area contributed by atoms with Crippen LogP contribution in [0.4, 0.5) is 4.39 Å². The Hall–Kier alpha value is -3.75. The van der Waals surface area contributed by atoms with E-state index in [9.17, 15) is 23.6 Å². The highest BCUT2D eigenvalue weighted by atomic mass is 19.1. The molecular weight excluding hydrogens is 393 g/mol. The summed E-state index contributed by atoms with van der Waals surface area (Å²) >= 11 is 0. The first-order valence-electron chi connectivity index (χ1n) is 9.24. The van der Waals surface area contributed by atoms with Crippen LogP contribution >= 0.6 is 0 Å². The third kappa shape index (κ3) is 4.29. The lowest BCUT2D eigenvalue weighted by molar-refractivity contribution is -0.141. The molecule has 1 aromatic heterocycles. The molecule has 156 valence electrons. The van der Waals surface area contributed by atoms with Crippen molar-refractivity contribution in [2.45, 2.75) is 25.9 Å². The van der Waals surface area contributed by atoms with Gasteiger partial charge in [0.05, 0.1) is 30.5 Å². The molecule has 0 saturated heterocycles. The summed E-state index contributed by atoms with van der Waals surface area (Å²) in [5.41, 5.74) is -0.0758. The summed E-state index contributed by atoms with van der Waals surface area (Å²) in [6.45, 7) is 1.90. The Morgan fingerprint density at radius 3 is 2.50 bits per heavy atom. The van der Waals surface area contributed by atoms with Gasteiger partial charge in [-0.3, -0.25) is 19.0 Å². The number of carbonyl (C=O) groups is 2. The number of rotatable bonds is 6. The van der Waals surface area contributed by atoms with Crippen LogP contribution in [0.5, 0.6) is 0 Å². The first-order chi connectivity index (χ1) is 14.3. The van der Waals surface area contributed by atoms with Gasteiger partial charge in [-0.15, -0.1) is 0 Å². The van der Waals surface area contributed by atoms with Gasteiger partial charge >= 0.3 is 11.7 Å². The van der Waals surface area contributed by atoms with Crippen LogP contribution in [-0.4, -0.2) is 28.5 Å². The van der Waals surface area contributed by atoms with E-state index in [-0.39, 0.29) is 29.4 Å². The van der Waals surface area contributed by atoms with Gasteiger partial charge in [-0.2, -0.15) is 0 Å². The third-order valence-electron chi connectivity index (χ3n) is 4.74. The maximum atomic E-state index is 13.2. The lowest BCUT2D eigenvalue weighted by Crippen LogP contribution is -2.34. The molecular formula is C21H20FN3O5. The first kappa shape index (κ1) is 21.0. The second-order valence-electron chi connectivity index (χ2n) is 6.60. The zero-order valence-electron chi connectivity index (χ0n) is 16.4. The molecule has 8 nitrogen and oxygen atoms in total. The number of nitrogens with one attached hydrogen (secondary N) is 2. The zero-order valence-corrected chi connectivity index (χ0v) is 16.4. The Balaban J connectivity index is 1.94. The Labute approximate surface area is 170 Å². The molecule has 2 N–H and O–H groups in total. The molecule has 0 bridgehead atoms. The molecule has 1 atom stereocenters. The van der Waals surface area contributed by atoms with Gasteiger partial charge < -0.3 is 15.0 Å². The lowest BCUT2D eigenvalue weighted by Gasteiger charge is -2.18. The number of halogens is 1. The average Bonchev–Trinajstić information content (AvgIpc) is 2.73. The number of ether oxygens (including phenoxy) is 1. The summed E-state index contributed by atoms with van der Waals surface area (Å²) in [5.74, 6) is -1.53. The van der Waals surface area contributed by atoms with Crippen LogP contribution in [0.1, 0.15) is 35.3 Å². The van der Waals surface area contributed by atoms with Gasteiger partial charge in [0, 0.05) is 12.1 Å². The quantitative estimate of drug-likeness (QED) is 0.600. The molecule has 0 spiro atoms. The SMILES string of the molecule is CCn1c(=O)[nH]c2cc(C(=O)NC(CC(=O)OC)c3ccc(F)cc3)ccc2c1=O. The molecule has 0 fully saturated rings. The summed E-state index contributed by atoms with van der Waals surface area (Å²) in [4.78, 5) is 51.5. The van der Waals surface area contributed by atoms with E-state index in [2.05, 4.69) is 15.0 Å². The van der Waals surface area contributed by atoms with Gasteiger partial charge in [0.25, 0.3) is 11.5 Å².